The highest BCUT2D eigenvalue weighted by Gasteiger charge is 2.25. The van der Waals surface area contributed by atoms with Crippen LogP contribution in [0.2, 0.25) is 0 Å². The van der Waals surface area contributed by atoms with Gasteiger partial charge in [0.25, 0.3) is 5.56 Å². The van der Waals surface area contributed by atoms with Crippen LogP contribution in [0.25, 0.3) is 0 Å². The van der Waals surface area contributed by atoms with E-state index in [0.717, 1.165) is 12.0 Å². The maximum absolute atomic E-state index is 14.1. The van der Waals surface area contributed by atoms with E-state index in [2.05, 4.69) is 5.32 Å². The summed E-state index contributed by atoms with van der Waals surface area (Å²) in [4.78, 5) is 24.7. The Morgan fingerprint density at radius 3 is 2.65 bits per heavy atom. The van der Waals surface area contributed by atoms with Gasteiger partial charge < -0.3 is 14.6 Å². The number of anilines is 2. The van der Waals surface area contributed by atoms with Gasteiger partial charge in [-0.15, -0.1) is 0 Å². The summed E-state index contributed by atoms with van der Waals surface area (Å²) in [7, 11) is 0. The van der Waals surface area contributed by atoms with Gasteiger partial charge in [-0.2, -0.15) is 0 Å². The highest BCUT2D eigenvalue weighted by atomic mass is 19.1. The minimum Gasteiger partial charge on any atom is -0.462 e. The van der Waals surface area contributed by atoms with E-state index in [1.165, 1.54) is 12.1 Å². The second kappa shape index (κ2) is 8.65. The summed E-state index contributed by atoms with van der Waals surface area (Å²) in [5, 5.41) is 2.89. The average Bonchev–Trinajstić information content (AvgIpc) is 3.09. The first-order valence-electron chi connectivity index (χ1n) is 8.98. The molecule has 0 unspecified atom stereocenters. The number of fused-ring (bicyclic) bond motifs is 1. The van der Waals surface area contributed by atoms with Gasteiger partial charge in [0.15, 0.2) is 0 Å². The number of rotatable bonds is 4. The van der Waals surface area contributed by atoms with Gasteiger partial charge in [-0.3, -0.25) is 4.79 Å². The Morgan fingerprint density at radius 2 is 2.00 bits per heavy atom. The van der Waals surface area contributed by atoms with Crippen LogP contribution >= 0.6 is 0 Å². The number of aryl methyl sites for hydroxylation is 1. The summed E-state index contributed by atoms with van der Waals surface area (Å²) in [6.07, 6.45) is 1.42. The summed E-state index contributed by atoms with van der Waals surface area (Å²) >= 11 is 0. The van der Waals surface area contributed by atoms with Crippen LogP contribution in [0.1, 0.15) is 48.8 Å². The van der Waals surface area contributed by atoms with Crippen LogP contribution in [-0.4, -0.2) is 17.1 Å². The van der Waals surface area contributed by atoms with E-state index < -0.39 is 11.8 Å². The molecule has 0 atom stereocenters. The summed E-state index contributed by atoms with van der Waals surface area (Å²) in [5.41, 5.74) is 2.05. The number of ether oxygens (including phenoxy) is 1. The van der Waals surface area contributed by atoms with Crippen LogP contribution in [0.4, 0.5) is 15.8 Å². The van der Waals surface area contributed by atoms with Crippen molar-refractivity contribution in [3.63, 3.8) is 0 Å². The van der Waals surface area contributed by atoms with Crippen molar-refractivity contribution in [3.05, 3.63) is 57.3 Å². The average molecular weight is 360 g/mol. The van der Waals surface area contributed by atoms with Crippen LogP contribution in [0.3, 0.4) is 0 Å². The fourth-order valence-electron chi connectivity index (χ4n) is 3.00. The quantitative estimate of drug-likeness (QED) is 0.831. The summed E-state index contributed by atoms with van der Waals surface area (Å²) < 4.78 is 20.8. The van der Waals surface area contributed by atoms with Crippen LogP contribution in [0, 0.1) is 12.7 Å². The lowest BCUT2D eigenvalue weighted by Crippen LogP contribution is -2.24. The summed E-state index contributed by atoms with van der Waals surface area (Å²) in [5.74, 6) is -0.941. The second-order valence-corrected chi connectivity index (χ2v) is 5.80. The number of pyridine rings is 1. The molecule has 0 amide bonds. The molecule has 1 N–H and O–H groups in total. The fraction of sp³-hybridized carbons (Fsp3) is 0.400. The molecule has 0 spiro atoms. The number of hydrogen-bond acceptors (Lipinski definition) is 4. The van der Waals surface area contributed by atoms with Gasteiger partial charge in [0.2, 0.25) is 0 Å². The maximum Gasteiger partial charge on any atom is 0.342 e. The van der Waals surface area contributed by atoms with Gasteiger partial charge >= 0.3 is 5.97 Å². The Hall–Kier alpha value is -2.63. The maximum atomic E-state index is 14.1. The third kappa shape index (κ3) is 3.95. The number of hydrogen-bond donors (Lipinski definition) is 1. The van der Waals surface area contributed by atoms with Gasteiger partial charge in [-0.1, -0.05) is 19.9 Å². The predicted octanol–water partition coefficient (Wildman–Crippen LogP) is 4.19. The summed E-state index contributed by atoms with van der Waals surface area (Å²) in [6, 6.07) is 6.08. The highest BCUT2D eigenvalue weighted by molar-refractivity contribution is 5.97. The number of carbonyl (C=O) groups is 1. The lowest BCUT2D eigenvalue weighted by molar-refractivity contribution is 0.0525. The molecule has 1 aliphatic heterocycles. The minimum atomic E-state index is -0.502. The van der Waals surface area contributed by atoms with Gasteiger partial charge in [0.1, 0.15) is 11.4 Å². The van der Waals surface area contributed by atoms with E-state index in [4.69, 9.17) is 4.74 Å². The normalized spacial score (nSPS) is 12.0. The Balaban J connectivity index is 0.00000117. The van der Waals surface area contributed by atoms with Gasteiger partial charge in [0, 0.05) is 18.3 Å². The Labute approximate surface area is 152 Å². The second-order valence-electron chi connectivity index (χ2n) is 5.80. The molecule has 0 fully saturated rings. The Morgan fingerprint density at radius 1 is 1.27 bits per heavy atom. The van der Waals surface area contributed by atoms with Crippen LogP contribution in [0.5, 0.6) is 0 Å². The molecular weight excluding hydrogens is 335 g/mol. The van der Waals surface area contributed by atoms with E-state index >= 15 is 0 Å². The first-order chi connectivity index (χ1) is 12.5. The van der Waals surface area contributed by atoms with E-state index in [1.54, 1.807) is 30.5 Å². The third-order valence-electron chi connectivity index (χ3n) is 4.09. The predicted molar refractivity (Wildman–Crippen MR) is 101 cm³/mol. The lowest BCUT2D eigenvalue weighted by Gasteiger charge is -2.16. The smallest absolute Gasteiger partial charge is 0.342 e. The van der Waals surface area contributed by atoms with Crippen LogP contribution in [-0.2, 0) is 17.7 Å². The largest absolute Gasteiger partial charge is 0.462 e. The molecule has 0 saturated heterocycles. The van der Waals surface area contributed by atoms with Crippen molar-refractivity contribution in [2.75, 3.05) is 11.9 Å². The minimum absolute atomic E-state index is 0.203. The van der Waals surface area contributed by atoms with Crippen molar-refractivity contribution in [1.29, 1.82) is 0 Å². The monoisotopic (exact) mass is 360 g/mol. The molecule has 0 aliphatic carbocycles. The Kier molecular flexibility index (Phi) is 6.55. The molecule has 6 heteroatoms. The molecule has 1 aromatic carbocycles. The fourth-order valence-corrected chi connectivity index (χ4v) is 3.00. The molecule has 2 aromatic rings. The van der Waals surface area contributed by atoms with Crippen molar-refractivity contribution in [1.82, 2.24) is 4.57 Å². The van der Waals surface area contributed by atoms with E-state index in [0.29, 0.717) is 24.2 Å². The van der Waals surface area contributed by atoms with E-state index in [1.807, 2.05) is 13.8 Å². The third-order valence-corrected chi connectivity index (χ3v) is 4.09. The number of nitrogens with zero attached hydrogens (tertiary/aromatic N) is 1. The first-order valence-corrected chi connectivity index (χ1v) is 8.98. The van der Waals surface area contributed by atoms with Crippen molar-refractivity contribution in [2.24, 2.45) is 0 Å². The molecule has 140 valence electrons. The molecule has 2 heterocycles. The number of carbonyl (C=O) groups excluding carboxylic acids is 1. The molecule has 0 saturated carbocycles. The highest BCUT2D eigenvalue weighted by Crippen LogP contribution is 2.28. The molecular formula is C20H25FN2O3. The molecule has 26 heavy (non-hydrogen) atoms. The standard InChI is InChI=1S/C18H19FN2O3.C2H6/c1-3-24-18(23)17-14(10-16(22)21-8-4-5-15(17)21)20-13-7-6-11(2)9-12(13)19;1-2/h6-7,9-10,20H,3-5,8H2,1-2H3;1-2H3. The van der Waals surface area contributed by atoms with Gasteiger partial charge in [-0.25, -0.2) is 9.18 Å². The van der Waals surface area contributed by atoms with Crippen molar-refractivity contribution >= 4 is 17.3 Å². The Bertz CT molecular complexity index is 859. The van der Waals surface area contributed by atoms with Crippen molar-refractivity contribution < 1.29 is 13.9 Å². The van der Waals surface area contributed by atoms with E-state index in [9.17, 15) is 14.0 Å². The van der Waals surface area contributed by atoms with Gasteiger partial charge in [0.05, 0.1) is 18.0 Å². The molecule has 3 rings (SSSR count). The van der Waals surface area contributed by atoms with Crippen molar-refractivity contribution in [3.8, 4) is 0 Å². The zero-order valence-corrected chi connectivity index (χ0v) is 15.7. The zero-order valence-electron chi connectivity index (χ0n) is 15.7. The number of nitrogens with one attached hydrogen (secondary N) is 1. The van der Waals surface area contributed by atoms with Crippen LogP contribution < -0.4 is 10.9 Å². The lowest BCUT2D eigenvalue weighted by atomic mass is 10.1. The first kappa shape index (κ1) is 19.7. The number of esters is 1. The molecule has 1 aromatic heterocycles. The topological polar surface area (TPSA) is 60.3 Å². The number of benzene rings is 1. The molecule has 0 radical (unpaired) electrons. The van der Waals surface area contributed by atoms with Crippen molar-refractivity contribution in [2.45, 2.75) is 47.1 Å². The number of aromatic nitrogens is 1. The molecule has 5 nitrogen and oxygen atoms in total. The molecule has 1 aliphatic rings. The van der Waals surface area contributed by atoms with E-state index in [-0.39, 0.29) is 23.5 Å². The van der Waals surface area contributed by atoms with Gasteiger partial charge in [-0.05, 0) is 44.4 Å². The number of halogens is 1. The van der Waals surface area contributed by atoms with Crippen LogP contribution in [0.15, 0.2) is 29.1 Å². The SMILES string of the molecule is CC.CCOC(=O)c1c(Nc2ccc(C)cc2F)cc(=O)n2c1CCC2. The zero-order chi connectivity index (χ0) is 19.3. The summed E-state index contributed by atoms with van der Waals surface area (Å²) in [6.45, 7) is 8.33. The molecule has 0 bridgehead atoms.